The number of carbonyl (C=O) groups excluding carboxylic acids is 1. The number of fused-ring (bicyclic) bond motifs is 1. The van der Waals surface area contributed by atoms with Crippen LogP contribution >= 0.6 is 0 Å². The normalized spacial score (nSPS) is 14.7. The number of benzene rings is 2. The van der Waals surface area contributed by atoms with Crippen molar-refractivity contribution in [2.24, 2.45) is 0 Å². The van der Waals surface area contributed by atoms with Crippen LogP contribution in [0.1, 0.15) is 22.3 Å². The monoisotopic (exact) mass is 397 g/mol. The summed E-state index contributed by atoms with van der Waals surface area (Å²) < 4.78 is 63.9. The lowest BCUT2D eigenvalue weighted by molar-refractivity contribution is -0.138. The standard InChI is InChI=1S/C19H18F3NO3S/c20-19(21,22)17-8-4-3-7-16(17)12-27(25,26)13-18(24)23-10-9-14-5-1-2-6-15(14)11-23/h1-8H,9-13H2. The fourth-order valence-electron chi connectivity index (χ4n) is 3.20. The first-order valence-electron chi connectivity index (χ1n) is 8.36. The molecular weight excluding hydrogens is 379 g/mol. The van der Waals surface area contributed by atoms with Crippen LogP contribution in [0.2, 0.25) is 0 Å². The van der Waals surface area contributed by atoms with Gasteiger partial charge >= 0.3 is 6.18 Å². The van der Waals surface area contributed by atoms with Crippen LogP contribution in [0.25, 0.3) is 0 Å². The Bertz CT molecular complexity index is 955. The van der Waals surface area contributed by atoms with Gasteiger partial charge in [0, 0.05) is 13.1 Å². The van der Waals surface area contributed by atoms with Crippen molar-refractivity contribution in [3.63, 3.8) is 0 Å². The van der Waals surface area contributed by atoms with E-state index >= 15 is 0 Å². The number of halogens is 3. The second-order valence-corrected chi connectivity index (χ2v) is 8.59. The molecule has 0 bridgehead atoms. The molecule has 0 unspecified atom stereocenters. The molecule has 144 valence electrons. The van der Waals surface area contributed by atoms with Crippen LogP contribution in [0, 0.1) is 0 Å². The van der Waals surface area contributed by atoms with E-state index in [2.05, 4.69) is 0 Å². The van der Waals surface area contributed by atoms with E-state index < -0.39 is 39.0 Å². The highest BCUT2D eigenvalue weighted by atomic mass is 32.2. The lowest BCUT2D eigenvalue weighted by Gasteiger charge is -2.28. The first-order valence-corrected chi connectivity index (χ1v) is 10.2. The molecule has 0 aliphatic carbocycles. The minimum atomic E-state index is -4.65. The van der Waals surface area contributed by atoms with Gasteiger partial charge in [-0.1, -0.05) is 42.5 Å². The average molecular weight is 397 g/mol. The number of alkyl halides is 3. The molecule has 0 N–H and O–H groups in total. The lowest BCUT2D eigenvalue weighted by Crippen LogP contribution is -2.39. The third-order valence-electron chi connectivity index (χ3n) is 4.52. The van der Waals surface area contributed by atoms with E-state index in [0.29, 0.717) is 19.5 Å². The van der Waals surface area contributed by atoms with Crippen molar-refractivity contribution in [1.82, 2.24) is 4.90 Å². The quantitative estimate of drug-likeness (QED) is 0.796. The Morgan fingerprint density at radius 3 is 2.33 bits per heavy atom. The number of amides is 1. The SMILES string of the molecule is O=C(CS(=O)(=O)Cc1ccccc1C(F)(F)F)N1CCc2ccccc2C1. The van der Waals surface area contributed by atoms with Gasteiger partial charge < -0.3 is 4.90 Å². The highest BCUT2D eigenvalue weighted by Crippen LogP contribution is 2.32. The molecule has 1 aliphatic heterocycles. The predicted octanol–water partition coefficient (Wildman–Crippen LogP) is 3.21. The third-order valence-corrected chi connectivity index (χ3v) is 5.96. The minimum Gasteiger partial charge on any atom is -0.337 e. The summed E-state index contributed by atoms with van der Waals surface area (Å²) in [5.74, 6) is -2.21. The maximum absolute atomic E-state index is 13.0. The van der Waals surface area contributed by atoms with Gasteiger partial charge in [-0.15, -0.1) is 0 Å². The summed E-state index contributed by atoms with van der Waals surface area (Å²) in [5.41, 5.74) is 0.732. The maximum Gasteiger partial charge on any atom is 0.416 e. The number of hydrogen-bond acceptors (Lipinski definition) is 3. The fourth-order valence-corrected chi connectivity index (χ4v) is 4.59. The summed E-state index contributed by atoms with van der Waals surface area (Å²) in [6.45, 7) is 0.703. The maximum atomic E-state index is 13.0. The highest BCUT2D eigenvalue weighted by Gasteiger charge is 2.34. The van der Waals surface area contributed by atoms with E-state index in [1.807, 2.05) is 24.3 Å². The number of nitrogens with zero attached hydrogens (tertiary/aromatic N) is 1. The molecule has 0 saturated carbocycles. The topological polar surface area (TPSA) is 54.5 Å². The largest absolute Gasteiger partial charge is 0.416 e. The molecule has 2 aromatic carbocycles. The Kier molecular flexibility index (Phi) is 5.28. The van der Waals surface area contributed by atoms with Gasteiger partial charge in [-0.2, -0.15) is 13.2 Å². The van der Waals surface area contributed by atoms with Gasteiger partial charge in [-0.25, -0.2) is 8.42 Å². The summed E-state index contributed by atoms with van der Waals surface area (Å²) in [6, 6.07) is 12.1. The van der Waals surface area contributed by atoms with E-state index in [-0.39, 0.29) is 5.56 Å². The third kappa shape index (κ3) is 4.68. The van der Waals surface area contributed by atoms with Gasteiger partial charge in [-0.3, -0.25) is 4.79 Å². The van der Waals surface area contributed by atoms with E-state index in [9.17, 15) is 26.4 Å². The fraction of sp³-hybridized carbons (Fsp3) is 0.316. The molecule has 1 aliphatic rings. The molecule has 1 heterocycles. The van der Waals surface area contributed by atoms with Crippen LogP contribution in [-0.2, 0) is 39.5 Å². The Balaban J connectivity index is 1.72. The van der Waals surface area contributed by atoms with Gasteiger partial charge in [0.05, 0.1) is 11.3 Å². The Hall–Kier alpha value is -2.35. The molecule has 0 saturated heterocycles. The Labute approximate surface area is 155 Å². The molecule has 2 aromatic rings. The van der Waals surface area contributed by atoms with Crippen molar-refractivity contribution < 1.29 is 26.4 Å². The summed E-state index contributed by atoms with van der Waals surface area (Å²) in [5, 5.41) is 0. The number of carbonyl (C=O) groups is 1. The average Bonchev–Trinajstić information content (AvgIpc) is 2.60. The molecule has 27 heavy (non-hydrogen) atoms. The van der Waals surface area contributed by atoms with E-state index in [1.165, 1.54) is 17.0 Å². The van der Waals surface area contributed by atoms with Crippen LogP contribution in [0.5, 0.6) is 0 Å². The van der Waals surface area contributed by atoms with E-state index in [4.69, 9.17) is 0 Å². The molecule has 3 rings (SSSR count). The summed E-state index contributed by atoms with van der Waals surface area (Å²) >= 11 is 0. The van der Waals surface area contributed by atoms with Gasteiger partial charge in [0.25, 0.3) is 0 Å². The van der Waals surface area contributed by atoms with Crippen molar-refractivity contribution in [3.05, 3.63) is 70.8 Å². The molecule has 8 heteroatoms. The first-order chi connectivity index (χ1) is 12.7. The van der Waals surface area contributed by atoms with Gasteiger partial charge in [-0.05, 0) is 29.2 Å². The number of rotatable bonds is 4. The zero-order chi connectivity index (χ0) is 19.7. The van der Waals surface area contributed by atoms with E-state index in [0.717, 1.165) is 23.3 Å². The molecule has 0 atom stereocenters. The highest BCUT2D eigenvalue weighted by molar-refractivity contribution is 7.91. The van der Waals surface area contributed by atoms with Crippen LogP contribution < -0.4 is 0 Å². The van der Waals surface area contributed by atoms with Gasteiger partial charge in [0.1, 0.15) is 5.75 Å². The van der Waals surface area contributed by atoms with Crippen LogP contribution in [0.3, 0.4) is 0 Å². The molecule has 0 spiro atoms. The zero-order valence-electron chi connectivity index (χ0n) is 14.4. The minimum absolute atomic E-state index is 0.309. The molecule has 1 amide bonds. The smallest absolute Gasteiger partial charge is 0.337 e. The molecule has 0 aromatic heterocycles. The lowest BCUT2D eigenvalue weighted by atomic mass is 10.00. The van der Waals surface area contributed by atoms with Crippen molar-refractivity contribution in [2.45, 2.75) is 24.9 Å². The van der Waals surface area contributed by atoms with Crippen LogP contribution in [0.15, 0.2) is 48.5 Å². The predicted molar refractivity (Wildman–Crippen MR) is 94.5 cm³/mol. The van der Waals surface area contributed by atoms with Gasteiger partial charge in [0.15, 0.2) is 9.84 Å². The molecule has 0 fully saturated rings. The zero-order valence-corrected chi connectivity index (χ0v) is 15.2. The van der Waals surface area contributed by atoms with E-state index in [1.54, 1.807) is 0 Å². The van der Waals surface area contributed by atoms with Crippen molar-refractivity contribution in [2.75, 3.05) is 12.3 Å². The summed E-state index contributed by atoms with van der Waals surface area (Å²) in [6.07, 6.45) is -4.02. The molecular formula is C19H18F3NO3S. The second-order valence-electron chi connectivity index (χ2n) is 6.52. The summed E-state index contributed by atoms with van der Waals surface area (Å²) in [4.78, 5) is 13.9. The second kappa shape index (κ2) is 7.34. The van der Waals surface area contributed by atoms with Gasteiger partial charge in [0.2, 0.25) is 5.91 Å². The van der Waals surface area contributed by atoms with Crippen molar-refractivity contribution in [1.29, 1.82) is 0 Å². The van der Waals surface area contributed by atoms with Crippen LogP contribution in [-0.4, -0.2) is 31.5 Å². The summed E-state index contributed by atoms with van der Waals surface area (Å²) in [7, 11) is -4.03. The molecule has 4 nitrogen and oxygen atoms in total. The van der Waals surface area contributed by atoms with Crippen LogP contribution in [0.4, 0.5) is 13.2 Å². The number of hydrogen-bond donors (Lipinski definition) is 0. The van der Waals surface area contributed by atoms with Crippen molar-refractivity contribution in [3.8, 4) is 0 Å². The first kappa shape index (κ1) is 19.4. The Morgan fingerprint density at radius 2 is 1.63 bits per heavy atom. The number of sulfone groups is 1. The molecule has 0 radical (unpaired) electrons. The van der Waals surface area contributed by atoms with Crippen molar-refractivity contribution >= 4 is 15.7 Å². The Morgan fingerprint density at radius 1 is 1.00 bits per heavy atom.